The lowest BCUT2D eigenvalue weighted by molar-refractivity contribution is 0.405. The van der Waals surface area contributed by atoms with Gasteiger partial charge in [0, 0.05) is 41.3 Å². The highest BCUT2D eigenvalue weighted by Gasteiger charge is 2.26. The number of anilines is 1. The molecule has 1 saturated heterocycles. The van der Waals surface area contributed by atoms with Crippen LogP contribution in [0.25, 0.3) is 22.6 Å². The lowest BCUT2D eigenvalue weighted by Gasteiger charge is -2.37. The molecule has 27 heavy (non-hydrogen) atoms. The number of hydrogen-bond donors (Lipinski definition) is 1. The molecule has 0 spiro atoms. The maximum absolute atomic E-state index is 6.02. The molecule has 0 amide bonds. The van der Waals surface area contributed by atoms with E-state index in [0.29, 0.717) is 22.9 Å². The molecule has 0 radical (unpaired) electrons. The molecular formula is C21H22ClN5. The van der Waals surface area contributed by atoms with Gasteiger partial charge in [-0.25, -0.2) is 4.98 Å². The van der Waals surface area contributed by atoms with Crippen LogP contribution >= 0.6 is 11.6 Å². The average Bonchev–Trinajstić information content (AvgIpc) is 2.68. The second-order valence-corrected chi connectivity index (χ2v) is 7.49. The lowest BCUT2D eigenvalue weighted by atomic mass is 10.1. The maximum atomic E-state index is 6.02. The van der Waals surface area contributed by atoms with Gasteiger partial charge in [0.1, 0.15) is 5.69 Å². The van der Waals surface area contributed by atoms with E-state index < -0.39 is 0 Å². The van der Waals surface area contributed by atoms with Crippen LogP contribution in [0.3, 0.4) is 0 Å². The Balaban J connectivity index is 1.81. The van der Waals surface area contributed by atoms with Crippen molar-refractivity contribution in [3.8, 4) is 22.6 Å². The van der Waals surface area contributed by atoms with E-state index in [0.717, 1.165) is 35.7 Å². The Kier molecular flexibility index (Phi) is 5.05. The molecule has 2 heterocycles. The minimum atomic E-state index is 0.381. The first kappa shape index (κ1) is 17.9. The Morgan fingerprint density at radius 3 is 2.22 bits per heavy atom. The van der Waals surface area contributed by atoms with E-state index in [2.05, 4.69) is 34.3 Å². The molecule has 0 saturated carbocycles. The van der Waals surface area contributed by atoms with Crippen LogP contribution in [-0.2, 0) is 0 Å². The third-order valence-electron chi connectivity index (χ3n) is 4.68. The van der Waals surface area contributed by atoms with Crippen molar-refractivity contribution < 1.29 is 0 Å². The first-order valence-corrected chi connectivity index (χ1v) is 9.55. The van der Waals surface area contributed by atoms with Crippen molar-refractivity contribution in [2.75, 3.05) is 18.0 Å². The second-order valence-electron chi connectivity index (χ2n) is 7.05. The Morgan fingerprint density at radius 2 is 1.56 bits per heavy atom. The van der Waals surface area contributed by atoms with E-state index in [4.69, 9.17) is 16.6 Å². The number of benzene rings is 2. The maximum Gasteiger partial charge on any atom is 0.183 e. The van der Waals surface area contributed by atoms with Gasteiger partial charge >= 0.3 is 0 Å². The minimum Gasteiger partial charge on any atom is -0.352 e. The SMILES string of the molecule is C[C@H]1CN(c2nc(-c3ccc(Cl)cc3)nnc2-c2ccccc2)C[C@H](C)N1. The highest BCUT2D eigenvalue weighted by Crippen LogP contribution is 2.30. The van der Waals surface area contributed by atoms with Crippen molar-refractivity contribution in [3.63, 3.8) is 0 Å². The first-order chi connectivity index (χ1) is 13.1. The van der Waals surface area contributed by atoms with Crippen molar-refractivity contribution in [2.45, 2.75) is 25.9 Å². The van der Waals surface area contributed by atoms with E-state index in [1.54, 1.807) is 0 Å². The number of nitrogens with one attached hydrogen (secondary N) is 1. The Labute approximate surface area is 164 Å². The van der Waals surface area contributed by atoms with Gasteiger partial charge in [-0.2, -0.15) is 0 Å². The van der Waals surface area contributed by atoms with Crippen LogP contribution in [0, 0.1) is 0 Å². The molecule has 2 aromatic carbocycles. The minimum absolute atomic E-state index is 0.381. The van der Waals surface area contributed by atoms with Crippen molar-refractivity contribution in [1.29, 1.82) is 0 Å². The van der Waals surface area contributed by atoms with Crippen LogP contribution in [0.2, 0.25) is 5.02 Å². The van der Waals surface area contributed by atoms with Gasteiger partial charge < -0.3 is 10.2 Å². The predicted octanol–water partition coefficient (Wildman–Crippen LogP) is 4.05. The van der Waals surface area contributed by atoms with E-state index in [-0.39, 0.29) is 0 Å². The number of halogens is 1. The van der Waals surface area contributed by atoms with Gasteiger partial charge in [0.15, 0.2) is 11.6 Å². The van der Waals surface area contributed by atoms with Gasteiger partial charge in [-0.05, 0) is 38.1 Å². The summed E-state index contributed by atoms with van der Waals surface area (Å²) < 4.78 is 0. The van der Waals surface area contributed by atoms with Gasteiger partial charge in [-0.1, -0.05) is 41.9 Å². The summed E-state index contributed by atoms with van der Waals surface area (Å²) in [5.41, 5.74) is 2.74. The van der Waals surface area contributed by atoms with Crippen molar-refractivity contribution >= 4 is 17.4 Å². The molecule has 1 aliphatic rings. The van der Waals surface area contributed by atoms with E-state index >= 15 is 0 Å². The summed E-state index contributed by atoms with van der Waals surface area (Å²) in [6, 6.07) is 18.4. The molecule has 1 fully saturated rings. The summed E-state index contributed by atoms with van der Waals surface area (Å²) in [4.78, 5) is 7.23. The number of hydrogen-bond acceptors (Lipinski definition) is 5. The fourth-order valence-corrected chi connectivity index (χ4v) is 3.67. The monoisotopic (exact) mass is 379 g/mol. The zero-order valence-corrected chi connectivity index (χ0v) is 16.2. The van der Waals surface area contributed by atoms with Gasteiger partial charge in [0.25, 0.3) is 0 Å². The molecule has 2 atom stereocenters. The van der Waals surface area contributed by atoms with Gasteiger partial charge in [-0.3, -0.25) is 0 Å². The molecule has 0 bridgehead atoms. The Morgan fingerprint density at radius 1 is 0.889 bits per heavy atom. The van der Waals surface area contributed by atoms with Crippen molar-refractivity contribution in [1.82, 2.24) is 20.5 Å². The van der Waals surface area contributed by atoms with Crippen LogP contribution in [0.1, 0.15) is 13.8 Å². The fourth-order valence-electron chi connectivity index (χ4n) is 3.54. The third-order valence-corrected chi connectivity index (χ3v) is 4.93. The highest BCUT2D eigenvalue weighted by molar-refractivity contribution is 6.30. The van der Waals surface area contributed by atoms with Crippen LogP contribution < -0.4 is 10.2 Å². The summed E-state index contributed by atoms with van der Waals surface area (Å²) in [7, 11) is 0. The van der Waals surface area contributed by atoms with E-state index in [9.17, 15) is 0 Å². The van der Waals surface area contributed by atoms with Crippen LogP contribution in [0.15, 0.2) is 54.6 Å². The molecule has 1 aliphatic heterocycles. The van der Waals surface area contributed by atoms with Crippen molar-refractivity contribution in [2.24, 2.45) is 0 Å². The quantitative estimate of drug-likeness (QED) is 0.744. The molecule has 1 aromatic heterocycles. The molecule has 4 rings (SSSR count). The standard InChI is InChI=1S/C21H22ClN5/c1-14-12-27(13-15(2)23-14)21-19(16-6-4-3-5-7-16)25-26-20(24-21)17-8-10-18(22)11-9-17/h3-11,14-15,23H,12-13H2,1-2H3/t14-,15-/m0/s1. The lowest BCUT2D eigenvalue weighted by Crippen LogP contribution is -2.54. The Hall–Kier alpha value is -2.50. The number of piperazine rings is 1. The number of aromatic nitrogens is 3. The third kappa shape index (κ3) is 3.94. The fraction of sp³-hybridized carbons (Fsp3) is 0.286. The van der Waals surface area contributed by atoms with E-state index in [1.165, 1.54) is 0 Å². The van der Waals surface area contributed by atoms with E-state index in [1.807, 2.05) is 54.6 Å². The molecule has 138 valence electrons. The zero-order chi connectivity index (χ0) is 18.8. The summed E-state index contributed by atoms with van der Waals surface area (Å²) in [5, 5.41) is 13.2. The molecule has 0 aliphatic carbocycles. The molecular weight excluding hydrogens is 358 g/mol. The summed E-state index contributed by atoms with van der Waals surface area (Å²) >= 11 is 6.02. The highest BCUT2D eigenvalue weighted by atomic mass is 35.5. The molecule has 1 N–H and O–H groups in total. The number of nitrogens with zero attached hydrogens (tertiary/aromatic N) is 4. The average molecular weight is 380 g/mol. The van der Waals surface area contributed by atoms with Crippen LogP contribution in [0.5, 0.6) is 0 Å². The summed E-state index contributed by atoms with van der Waals surface area (Å²) in [5.74, 6) is 1.49. The zero-order valence-electron chi connectivity index (χ0n) is 15.4. The van der Waals surface area contributed by atoms with Gasteiger partial charge in [0.05, 0.1) is 0 Å². The normalized spacial score (nSPS) is 19.9. The smallest absolute Gasteiger partial charge is 0.183 e. The first-order valence-electron chi connectivity index (χ1n) is 9.17. The van der Waals surface area contributed by atoms with Crippen molar-refractivity contribution in [3.05, 3.63) is 59.6 Å². The topological polar surface area (TPSA) is 53.9 Å². The molecule has 0 unspecified atom stereocenters. The predicted molar refractivity (Wildman–Crippen MR) is 110 cm³/mol. The number of rotatable bonds is 3. The molecule has 5 nitrogen and oxygen atoms in total. The van der Waals surface area contributed by atoms with Crippen LogP contribution in [0.4, 0.5) is 5.82 Å². The molecule has 6 heteroatoms. The van der Waals surface area contributed by atoms with Gasteiger partial charge in [-0.15, -0.1) is 10.2 Å². The second kappa shape index (κ2) is 7.62. The Bertz CT molecular complexity index is 904. The van der Waals surface area contributed by atoms with Gasteiger partial charge in [0.2, 0.25) is 0 Å². The summed E-state index contributed by atoms with van der Waals surface area (Å²) in [6.07, 6.45) is 0. The van der Waals surface area contributed by atoms with Crippen LogP contribution in [-0.4, -0.2) is 40.4 Å². The summed E-state index contributed by atoms with van der Waals surface area (Å²) in [6.45, 7) is 6.14. The molecule has 3 aromatic rings. The largest absolute Gasteiger partial charge is 0.352 e.